The van der Waals surface area contributed by atoms with Gasteiger partial charge in [0.1, 0.15) is 0 Å². The number of carbonyl (C=O) groups is 4. The first-order valence-electron chi connectivity index (χ1n) is 32.6. The molecule has 4 fully saturated rings. The topological polar surface area (TPSA) is 166 Å². The van der Waals surface area contributed by atoms with Gasteiger partial charge in [0.25, 0.3) is 0 Å². The molecule has 0 unspecified atom stereocenters. The molecule has 16 nitrogen and oxygen atoms in total. The SMILES string of the molecule is C=CC[C@@H]1CCC2=C(C(=O)OC)[C@@H](CCCCC)NC(=S)N21.C=CC[C@@H]1CCC2=C(C(=O)OC)[C@@H](CCCCC)NC(=S)N21.C=CC[C@H]1CCC2=C(C(=O)OC)[C@H](CCCCC)NC(=S)N21.C=CC[C@H]1CCC2=C(C(=O)OC)[C@H](CCCCC)NC(=S)N21. The molecule has 0 aromatic heterocycles. The van der Waals surface area contributed by atoms with E-state index in [0.717, 1.165) is 245 Å². The molecule has 0 spiro atoms. The molecule has 8 rings (SSSR count). The summed E-state index contributed by atoms with van der Waals surface area (Å²) >= 11 is 22.2. The van der Waals surface area contributed by atoms with E-state index in [9.17, 15) is 19.2 Å². The van der Waals surface area contributed by atoms with Crippen molar-refractivity contribution < 1.29 is 38.1 Å². The van der Waals surface area contributed by atoms with Gasteiger partial charge in [-0.2, -0.15) is 0 Å². The lowest BCUT2D eigenvalue weighted by Crippen LogP contribution is -2.52. The number of esters is 4. The maximum absolute atomic E-state index is 12.3. The Morgan fingerprint density at radius 1 is 0.386 bits per heavy atom. The fourth-order valence-electron chi connectivity index (χ4n) is 13.7. The normalized spacial score (nSPS) is 24.1. The molecule has 4 saturated heterocycles. The van der Waals surface area contributed by atoms with Crippen LogP contribution in [-0.2, 0) is 38.1 Å². The van der Waals surface area contributed by atoms with Crippen LogP contribution in [0, 0.1) is 0 Å². The minimum atomic E-state index is -0.226. The van der Waals surface area contributed by atoms with Crippen molar-refractivity contribution in [2.45, 2.75) is 256 Å². The number of hydrogen-bond donors (Lipinski definition) is 4. The summed E-state index contributed by atoms with van der Waals surface area (Å²) < 4.78 is 20.2. The summed E-state index contributed by atoms with van der Waals surface area (Å²) in [5, 5.41) is 16.4. The maximum Gasteiger partial charge on any atom is 0.337 e. The molecule has 0 amide bonds. The highest BCUT2D eigenvalue weighted by Crippen LogP contribution is 2.41. The highest BCUT2D eigenvalue weighted by Gasteiger charge is 2.45. The molecule has 8 atom stereocenters. The predicted octanol–water partition coefficient (Wildman–Crippen LogP) is 13.2. The Morgan fingerprint density at radius 2 is 0.580 bits per heavy atom. The highest BCUT2D eigenvalue weighted by atomic mass is 32.1. The summed E-state index contributed by atoms with van der Waals surface area (Å²) in [6, 6.07) is 1.18. The van der Waals surface area contributed by atoms with E-state index >= 15 is 0 Å². The fraction of sp³-hybridized carbons (Fsp3) is 0.647. The van der Waals surface area contributed by atoms with Crippen LogP contribution < -0.4 is 21.3 Å². The van der Waals surface area contributed by atoms with Crippen LogP contribution in [-0.4, -0.2) is 141 Å². The highest BCUT2D eigenvalue weighted by molar-refractivity contribution is 7.80. The molecule has 0 aromatic carbocycles. The second-order valence-electron chi connectivity index (χ2n) is 23.7. The number of rotatable bonds is 28. The second kappa shape index (κ2) is 37.7. The van der Waals surface area contributed by atoms with Gasteiger partial charge in [0.15, 0.2) is 20.4 Å². The van der Waals surface area contributed by atoms with E-state index in [0.29, 0.717) is 24.2 Å². The van der Waals surface area contributed by atoms with E-state index < -0.39 is 0 Å². The summed E-state index contributed by atoms with van der Waals surface area (Å²) in [5.74, 6) is -0.905. The number of carbonyl (C=O) groups excluding carboxylic acids is 4. The van der Waals surface area contributed by atoms with Crippen LogP contribution in [0.15, 0.2) is 95.7 Å². The molecule has 20 heteroatoms. The zero-order valence-electron chi connectivity index (χ0n) is 54.2. The van der Waals surface area contributed by atoms with Crippen LogP contribution in [0.25, 0.3) is 0 Å². The van der Waals surface area contributed by atoms with Gasteiger partial charge in [-0.1, -0.05) is 129 Å². The molecule has 0 saturated carbocycles. The minimum Gasteiger partial charge on any atom is -0.466 e. The lowest BCUT2D eigenvalue weighted by atomic mass is 9.96. The molecule has 488 valence electrons. The van der Waals surface area contributed by atoms with Gasteiger partial charge in [-0.3, -0.25) is 0 Å². The lowest BCUT2D eigenvalue weighted by molar-refractivity contribution is -0.137. The third-order valence-electron chi connectivity index (χ3n) is 17.9. The summed E-state index contributed by atoms with van der Waals surface area (Å²) in [6.45, 7) is 24.0. The third-order valence-corrected chi connectivity index (χ3v) is 19.2. The molecule has 8 heterocycles. The van der Waals surface area contributed by atoms with Crippen molar-refractivity contribution in [1.82, 2.24) is 40.9 Å². The van der Waals surface area contributed by atoms with Crippen molar-refractivity contribution in [3.05, 3.63) is 95.7 Å². The smallest absolute Gasteiger partial charge is 0.337 e. The standard InChI is InChI=1S/4C17H26N2O2S/c4*1-4-6-7-9-13-15(16(20)21-3)14-11-10-12(8-5-2)19(14)17(22)18-13/h4*5,12-13H,2,4,6-11H2,1,3H3,(H,18,22)/t4*12-,13-/m1100/s1. The number of ether oxygens (including phenoxy) is 4. The first kappa shape index (κ1) is 73.3. The summed E-state index contributed by atoms with van der Waals surface area (Å²) in [7, 11) is 5.80. The Morgan fingerprint density at radius 3 is 0.739 bits per heavy atom. The second-order valence-corrected chi connectivity index (χ2v) is 25.3. The number of methoxy groups -OCH3 is 4. The van der Waals surface area contributed by atoms with E-state index in [2.05, 4.69) is 94.9 Å². The summed E-state index contributed by atoms with van der Waals surface area (Å²) in [5.41, 5.74) is 7.34. The minimum absolute atomic E-state index is 0.0137. The van der Waals surface area contributed by atoms with Crippen LogP contribution in [0.1, 0.15) is 207 Å². The molecule has 0 radical (unpaired) electrons. The molecule has 4 N–H and O–H groups in total. The molecule has 88 heavy (non-hydrogen) atoms. The van der Waals surface area contributed by atoms with E-state index in [4.69, 9.17) is 67.8 Å². The van der Waals surface area contributed by atoms with Gasteiger partial charge in [0, 0.05) is 47.0 Å². The zero-order valence-corrected chi connectivity index (χ0v) is 57.5. The van der Waals surface area contributed by atoms with Gasteiger partial charge in [0.05, 0.1) is 74.9 Å². The Balaban J connectivity index is 0.000000214. The maximum atomic E-state index is 12.3. The number of unbranched alkanes of at least 4 members (excludes halogenated alkanes) is 8. The van der Waals surface area contributed by atoms with E-state index in [-0.39, 0.29) is 48.0 Å². The van der Waals surface area contributed by atoms with Gasteiger partial charge >= 0.3 is 23.9 Å². The van der Waals surface area contributed by atoms with Crippen molar-refractivity contribution in [2.24, 2.45) is 0 Å². The van der Waals surface area contributed by atoms with Crippen LogP contribution in [0.2, 0.25) is 0 Å². The molecule has 8 aliphatic rings. The van der Waals surface area contributed by atoms with Crippen molar-refractivity contribution in [3.8, 4) is 0 Å². The summed E-state index contributed by atoms with van der Waals surface area (Å²) in [4.78, 5) is 57.7. The van der Waals surface area contributed by atoms with Crippen LogP contribution in [0.5, 0.6) is 0 Å². The van der Waals surface area contributed by atoms with E-state index in [1.54, 1.807) is 0 Å². The fourth-order valence-corrected chi connectivity index (χ4v) is 15.3. The van der Waals surface area contributed by atoms with Crippen LogP contribution in [0.4, 0.5) is 0 Å². The third kappa shape index (κ3) is 18.4. The quantitative estimate of drug-likeness (QED) is 0.0192. The number of thiocarbonyl (C=S) groups is 4. The van der Waals surface area contributed by atoms with Gasteiger partial charge in [0.2, 0.25) is 0 Å². The average Bonchev–Trinajstić information content (AvgIpc) is 3.58. The molecule has 0 aliphatic carbocycles. The van der Waals surface area contributed by atoms with Gasteiger partial charge in [-0.25, -0.2) is 19.2 Å². The zero-order chi connectivity index (χ0) is 64.5. The molecular weight excluding hydrogens is 1190 g/mol. The first-order valence-corrected chi connectivity index (χ1v) is 34.3. The van der Waals surface area contributed by atoms with Gasteiger partial charge < -0.3 is 59.8 Å². The van der Waals surface area contributed by atoms with Crippen molar-refractivity contribution in [1.29, 1.82) is 0 Å². The predicted molar refractivity (Wildman–Crippen MR) is 370 cm³/mol. The van der Waals surface area contributed by atoms with Crippen LogP contribution in [0.3, 0.4) is 0 Å². The first-order chi connectivity index (χ1) is 42.5. The monoisotopic (exact) mass is 1290 g/mol. The largest absolute Gasteiger partial charge is 0.466 e. The van der Waals surface area contributed by atoms with E-state index in [1.165, 1.54) is 28.4 Å². The number of allylic oxidation sites excluding steroid dienone is 4. The Labute approximate surface area is 548 Å². The Kier molecular flexibility index (Phi) is 31.4. The average molecular weight is 1290 g/mol. The number of hydrogen-bond acceptors (Lipinski definition) is 12. The molecule has 8 aliphatic heterocycles. The molecule has 0 bridgehead atoms. The van der Waals surface area contributed by atoms with Gasteiger partial charge in [-0.15, -0.1) is 26.3 Å². The Bertz CT molecular complexity index is 2300. The lowest BCUT2D eigenvalue weighted by Gasteiger charge is -2.37. The molecular formula is C68H104N8O8S4. The number of fused-ring (bicyclic) bond motifs is 4. The van der Waals surface area contributed by atoms with Crippen molar-refractivity contribution in [2.75, 3.05) is 28.4 Å². The van der Waals surface area contributed by atoms with E-state index in [1.807, 2.05) is 24.3 Å². The Hall–Kier alpha value is -5.44. The number of nitrogens with one attached hydrogen (secondary N) is 4. The van der Waals surface area contributed by atoms with Crippen LogP contribution >= 0.6 is 48.9 Å². The van der Waals surface area contributed by atoms with Gasteiger partial charge in [-0.05, 0) is 152 Å². The number of nitrogens with zero attached hydrogens (tertiary/aromatic N) is 4. The summed E-state index contributed by atoms with van der Waals surface area (Å²) in [6.07, 6.45) is 36.0. The van der Waals surface area contributed by atoms with Crippen molar-refractivity contribution >= 4 is 93.2 Å². The van der Waals surface area contributed by atoms with Crippen molar-refractivity contribution in [3.63, 3.8) is 0 Å². The molecule has 0 aromatic rings.